The Hall–Kier alpha value is -1.72. The average molecular weight is 360 g/mol. The van der Waals surface area contributed by atoms with Crippen LogP contribution in [0, 0.1) is 0 Å². The van der Waals surface area contributed by atoms with Crippen LogP contribution in [0.25, 0.3) is 10.9 Å². The molecule has 0 amide bonds. The summed E-state index contributed by atoms with van der Waals surface area (Å²) in [6.07, 6.45) is 3.76. The monoisotopic (exact) mass is 359 g/mol. The van der Waals surface area contributed by atoms with Crippen LogP contribution in [-0.2, 0) is 0 Å². The minimum Gasteiger partial charge on any atom is -0.396 e. The van der Waals surface area contributed by atoms with Gasteiger partial charge in [0.25, 0.3) is 0 Å². The number of rotatable bonds is 3. The fraction of sp³-hybridized carbons (Fsp3) is 0.0625. The molecule has 5 heteroatoms. The van der Waals surface area contributed by atoms with Crippen molar-refractivity contribution in [3.63, 3.8) is 0 Å². The minimum atomic E-state index is 0.636. The fourth-order valence-electron chi connectivity index (χ4n) is 2.20. The number of hydrogen-bond donors (Lipinski definition) is 2. The van der Waals surface area contributed by atoms with E-state index in [0.29, 0.717) is 5.69 Å². The van der Waals surface area contributed by atoms with Gasteiger partial charge in [-0.3, -0.25) is 4.98 Å². The van der Waals surface area contributed by atoms with Gasteiger partial charge in [-0.1, -0.05) is 28.1 Å². The molecule has 1 aromatic heterocycles. The molecular weight excluding hydrogens is 346 g/mol. The van der Waals surface area contributed by atoms with E-state index in [2.05, 4.69) is 44.6 Å². The molecule has 3 N–H and O–H groups in total. The first kappa shape index (κ1) is 14.2. The second-order valence-corrected chi connectivity index (χ2v) is 6.34. The molecule has 2 aromatic carbocycles. The zero-order valence-electron chi connectivity index (χ0n) is 11.4. The first-order valence-electron chi connectivity index (χ1n) is 6.43. The second kappa shape index (κ2) is 5.95. The number of thioether (sulfide) groups is 1. The van der Waals surface area contributed by atoms with Gasteiger partial charge < -0.3 is 11.1 Å². The lowest BCUT2D eigenvalue weighted by molar-refractivity contribution is 1.38. The second-order valence-electron chi connectivity index (χ2n) is 4.58. The van der Waals surface area contributed by atoms with Crippen LogP contribution in [0.15, 0.2) is 58.0 Å². The highest BCUT2D eigenvalue weighted by Gasteiger charge is 2.09. The highest BCUT2D eigenvalue weighted by atomic mass is 79.9. The minimum absolute atomic E-state index is 0.636. The number of nitrogen functional groups attached to an aromatic ring is 1. The van der Waals surface area contributed by atoms with Gasteiger partial charge in [-0.25, -0.2) is 0 Å². The van der Waals surface area contributed by atoms with Gasteiger partial charge in [-0.2, -0.15) is 0 Å². The predicted octanol–water partition coefficient (Wildman–Crippen LogP) is 5.05. The Morgan fingerprint density at radius 2 is 2.00 bits per heavy atom. The summed E-state index contributed by atoms with van der Waals surface area (Å²) in [5.41, 5.74) is 9.62. The summed E-state index contributed by atoms with van der Waals surface area (Å²) in [6, 6.07) is 14.2. The fourth-order valence-corrected chi connectivity index (χ4v) is 3.12. The first-order chi connectivity index (χ1) is 10.2. The van der Waals surface area contributed by atoms with Gasteiger partial charge in [0, 0.05) is 14.8 Å². The molecule has 0 spiro atoms. The van der Waals surface area contributed by atoms with Crippen LogP contribution < -0.4 is 11.1 Å². The number of anilines is 3. The van der Waals surface area contributed by atoms with E-state index in [1.807, 2.05) is 30.3 Å². The van der Waals surface area contributed by atoms with E-state index < -0.39 is 0 Å². The van der Waals surface area contributed by atoms with Gasteiger partial charge in [0.05, 0.1) is 28.8 Å². The molecule has 0 fully saturated rings. The van der Waals surface area contributed by atoms with Gasteiger partial charge in [-0.05, 0) is 36.6 Å². The van der Waals surface area contributed by atoms with Crippen molar-refractivity contribution >= 4 is 55.7 Å². The lowest BCUT2D eigenvalue weighted by Crippen LogP contribution is -1.99. The van der Waals surface area contributed by atoms with Crippen molar-refractivity contribution in [2.75, 3.05) is 17.3 Å². The number of pyridine rings is 1. The normalized spacial score (nSPS) is 10.8. The van der Waals surface area contributed by atoms with Gasteiger partial charge in [0.15, 0.2) is 0 Å². The highest BCUT2D eigenvalue weighted by Crippen LogP contribution is 2.35. The molecule has 3 aromatic rings. The van der Waals surface area contributed by atoms with E-state index in [9.17, 15) is 0 Å². The number of hydrogen-bond acceptors (Lipinski definition) is 4. The molecule has 0 aliphatic heterocycles. The number of fused-ring (bicyclic) bond motifs is 1. The molecule has 0 saturated carbocycles. The molecule has 3 nitrogen and oxygen atoms in total. The molecule has 0 aliphatic rings. The smallest absolute Gasteiger partial charge is 0.0746 e. The summed E-state index contributed by atoms with van der Waals surface area (Å²) in [7, 11) is 0. The van der Waals surface area contributed by atoms with Crippen molar-refractivity contribution in [1.29, 1.82) is 0 Å². The van der Waals surface area contributed by atoms with Crippen molar-refractivity contribution in [2.45, 2.75) is 4.90 Å². The predicted molar refractivity (Wildman–Crippen MR) is 95.4 cm³/mol. The van der Waals surface area contributed by atoms with Crippen LogP contribution in [0.1, 0.15) is 0 Å². The van der Waals surface area contributed by atoms with Crippen molar-refractivity contribution in [2.24, 2.45) is 0 Å². The molecule has 0 atom stereocenters. The Balaban J connectivity index is 2.15. The van der Waals surface area contributed by atoms with E-state index in [1.165, 1.54) is 4.90 Å². The maximum atomic E-state index is 6.13. The maximum Gasteiger partial charge on any atom is 0.0746 e. The number of nitrogens with zero attached hydrogens (tertiary/aromatic N) is 1. The van der Waals surface area contributed by atoms with E-state index in [-0.39, 0.29) is 0 Å². The average Bonchev–Trinajstić information content (AvgIpc) is 2.50. The molecule has 106 valence electrons. The van der Waals surface area contributed by atoms with Crippen molar-refractivity contribution in [3.05, 3.63) is 53.1 Å². The Kier molecular flexibility index (Phi) is 4.03. The standard InChI is InChI=1S/C16H14BrN3S/c1-21-15-5-3-2-4-14(15)20-16-11-8-10(17)6-7-13(11)19-9-12(16)18/h2-9H,18H2,1H3,(H,19,20). The maximum absolute atomic E-state index is 6.13. The van der Waals surface area contributed by atoms with Crippen LogP contribution in [0.5, 0.6) is 0 Å². The van der Waals surface area contributed by atoms with Crippen LogP contribution in [0.4, 0.5) is 17.1 Å². The lowest BCUT2D eigenvalue weighted by Gasteiger charge is -2.14. The summed E-state index contributed by atoms with van der Waals surface area (Å²) >= 11 is 5.21. The summed E-state index contributed by atoms with van der Waals surface area (Å²) in [5, 5.41) is 4.46. The molecule has 3 rings (SSSR count). The first-order valence-corrected chi connectivity index (χ1v) is 8.44. The van der Waals surface area contributed by atoms with E-state index >= 15 is 0 Å². The van der Waals surface area contributed by atoms with E-state index in [1.54, 1.807) is 18.0 Å². The van der Waals surface area contributed by atoms with Gasteiger partial charge in [0.1, 0.15) is 0 Å². The van der Waals surface area contributed by atoms with Gasteiger partial charge in [-0.15, -0.1) is 11.8 Å². The molecule has 0 saturated heterocycles. The quantitative estimate of drug-likeness (QED) is 0.642. The molecular formula is C16H14BrN3S. The van der Waals surface area contributed by atoms with Crippen LogP contribution in [0.3, 0.4) is 0 Å². The lowest BCUT2D eigenvalue weighted by atomic mass is 10.1. The van der Waals surface area contributed by atoms with Gasteiger partial charge in [0.2, 0.25) is 0 Å². The molecule has 1 heterocycles. The van der Waals surface area contributed by atoms with Crippen LogP contribution in [0.2, 0.25) is 0 Å². The SMILES string of the molecule is CSc1ccccc1Nc1c(N)cnc2ccc(Br)cc12. The van der Waals surface area contributed by atoms with E-state index in [4.69, 9.17) is 5.73 Å². The zero-order chi connectivity index (χ0) is 14.8. The summed E-state index contributed by atoms with van der Waals surface area (Å²) in [5.74, 6) is 0. The van der Waals surface area contributed by atoms with Crippen LogP contribution in [-0.4, -0.2) is 11.2 Å². The Morgan fingerprint density at radius 3 is 2.81 bits per heavy atom. The molecule has 0 bridgehead atoms. The van der Waals surface area contributed by atoms with Crippen molar-refractivity contribution < 1.29 is 0 Å². The van der Waals surface area contributed by atoms with Crippen molar-refractivity contribution in [3.8, 4) is 0 Å². The molecule has 0 unspecified atom stereocenters. The molecule has 0 aliphatic carbocycles. The number of benzene rings is 2. The summed E-state index contributed by atoms with van der Waals surface area (Å²) in [6.45, 7) is 0. The largest absolute Gasteiger partial charge is 0.396 e. The third-order valence-corrected chi connectivity index (χ3v) is 4.52. The Morgan fingerprint density at radius 1 is 1.19 bits per heavy atom. The highest BCUT2D eigenvalue weighted by molar-refractivity contribution is 9.10. The number of nitrogens with two attached hydrogens (primary N) is 1. The summed E-state index contributed by atoms with van der Waals surface area (Å²) < 4.78 is 1.00. The Labute approximate surface area is 136 Å². The van der Waals surface area contributed by atoms with E-state index in [0.717, 1.165) is 26.8 Å². The number of aromatic nitrogens is 1. The van der Waals surface area contributed by atoms with Gasteiger partial charge >= 0.3 is 0 Å². The summed E-state index contributed by atoms with van der Waals surface area (Å²) in [4.78, 5) is 5.55. The van der Waals surface area contributed by atoms with Crippen molar-refractivity contribution in [1.82, 2.24) is 4.98 Å². The number of halogens is 1. The number of nitrogens with one attached hydrogen (secondary N) is 1. The third-order valence-electron chi connectivity index (χ3n) is 3.23. The van der Waals surface area contributed by atoms with Crippen LogP contribution >= 0.6 is 27.7 Å². The topological polar surface area (TPSA) is 50.9 Å². The third kappa shape index (κ3) is 2.84. The number of para-hydroxylation sites is 1. The molecule has 21 heavy (non-hydrogen) atoms. The zero-order valence-corrected chi connectivity index (χ0v) is 13.8. The molecule has 0 radical (unpaired) electrons. The Bertz CT molecular complexity index is 799.